The zero-order chi connectivity index (χ0) is 15.1. The van der Waals surface area contributed by atoms with Crippen LogP contribution in [0.1, 0.15) is 17.4 Å². The Kier molecular flexibility index (Phi) is 5.71. The molecule has 21 heavy (non-hydrogen) atoms. The molecule has 1 amide bonds. The van der Waals surface area contributed by atoms with Crippen molar-refractivity contribution in [2.24, 2.45) is 0 Å². The number of ether oxygens (including phenoxy) is 2. The molecule has 5 nitrogen and oxygen atoms in total. The van der Waals surface area contributed by atoms with Crippen LogP contribution in [-0.4, -0.2) is 37.8 Å². The lowest BCUT2D eigenvalue weighted by atomic mass is 10.2. The Labute approximate surface area is 127 Å². The first-order valence-corrected chi connectivity index (χ1v) is 7.58. The summed E-state index contributed by atoms with van der Waals surface area (Å²) in [5.74, 6) is 0.649. The van der Waals surface area contributed by atoms with Crippen LogP contribution in [0.4, 0.5) is 0 Å². The van der Waals surface area contributed by atoms with E-state index in [1.807, 2.05) is 31.2 Å². The molecular formula is C15H18N2O3S. The van der Waals surface area contributed by atoms with E-state index in [4.69, 9.17) is 9.47 Å². The summed E-state index contributed by atoms with van der Waals surface area (Å²) >= 11 is 1.45. The minimum absolute atomic E-state index is 0.180. The van der Waals surface area contributed by atoms with Crippen molar-refractivity contribution in [1.82, 2.24) is 10.3 Å². The summed E-state index contributed by atoms with van der Waals surface area (Å²) in [7, 11) is 1.60. The van der Waals surface area contributed by atoms with E-state index in [0.29, 0.717) is 25.5 Å². The summed E-state index contributed by atoms with van der Waals surface area (Å²) in [6.07, 6.45) is 0. The van der Waals surface area contributed by atoms with E-state index in [9.17, 15) is 4.79 Å². The quantitative estimate of drug-likeness (QED) is 0.799. The highest BCUT2D eigenvalue weighted by molar-refractivity contribution is 7.13. The van der Waals surface area contributed by atoms with Crippen molar-refractivity contribution in [2.75, 3.05) is 26.9 Å². The Morgan fingerprint density at radius 3 is 2.76 bits per heavy atom. The molecule has 0 saturated carbocycles. The smallest absolute Gasteiger partial charge is 0.270 e. The SMILES string of the molecule is CCOc1ccc(-c2nc(C(=O)NCCOC)cs2)cc1. The second-order valence-electron chi connectivity index (χ2n) is 4.24. The number of hydrogen-bond donors (Lipinski definition) is 1. The number of carbonyl (C=O) groups excluding carboxylic acids is 1. The molecule has 6 heteroatoms. The zero-order valence-electron chi connectivity index (χ0n) is 12.1. The highest BCUT2D eigenvalue weighted by atomic mass is 32.1. The third-order valence-corrected chi connectivity index (χ3v) is 3.63. The molecule has 0 aliphatic carbocycles. The fraction of sp³-hybridized carbons (Fsp3) is 0.333. The fourth-order valence-electron chi connectivity index (χ4n) is 1.73. The van der Waals surface area contributed by atoms with E-state index in [1.165, 1.54) is 11.3 Å². The first-order valence-electron chi connectivity index (χ1n) is 6.70. The predicted molar refractivity (Wildman–Crippen MR) is 82.9 cm³/mol. The number of carbonyl (C=O) groups is 1. The van der Waals surface area contributed by atoms with Gasteiger partial charge in [0.05, 0.1) is 13.2 Å². The van der Waals surface area contributed by atoms with Crippen LogP contribution >= 0.6 is 11.3 Å². The number of rotatable bonds is 7. The van der Waals surface area contributed by atoms with Crippen LogP contribution in [0.5, 0.6) is 5.75 Å². The lowest BCUT2D eigenvalue weighted by Crippen LogP contribution is -2.27. The van der Waals surface area contributed by atoms with E-state index in [2.05, 4.69) is 10.3 Å². The average molecular weight is 306 g/mol. The molecule has 0 aliphatic heterocycles. The second kappa shape index (κ2) is 7.75. The molecule has 1 heterocycles. The summed E-state index contributed by atoms with van der Waals surface area (Å²) in [5.41, 5.74) is 1.40. The molecule has 0 fully saturated rings. The third kappa shape index (κ3) is 4.27. The number of benzene rings is 1. The van der Waals surface area contributed by atoms with Gasteiger partial charge in [0.15, 0.2) is 0 Å². The van der Waals surface area contributed by atoms with Crippen LogP contribution in [-0.2, 0) is 4.74 Å². The number of thiazole rings is 1. The van der Waals surface area contributed by atoms with Crippen LogP contribution in [0.3, 0.4) is 0 Å². The van der Waals surface area contributed by atoms with Gasteiger partial charge in [-0.25, -0.2) is 4.98 Å². The maximum absolute atomic E-state index is 11.9. The van der Waals surface area contributed by atoms with Gasteiger partial charge in [0.2, 0.25) is 0 Å². The third-order valence-electron chi connectivity index (χ3n) is 2.74. The molecular weight excluding hydrogens is 288 g/mol. The Morgan fingerprint density at radius 2 is 2.10 bits per heavy atom. The van der Waals surface area contributed by atoms with Gasteiger partial charge in [-0.3, -0.25) is 4.79 Å². The number of nitrogens with one attached hydrogen (secondary N) is 1. The first kappa shape index (κ1) is 15.5. The molecule has 0 saturated heterocycles. The number of amides is 1. The Balaban J connectivity index is 2.03. The number of nitrogens with zero attached hydrogens (tertiary/aromatic N) is 1. The van der Waals surface area contributed by atoms with Gasteiger partial charge in [0, 0.05) is 24.6 Å². The molecule has 0 atom stereocenters. The lowest BCUT2D eigenvalue weighted by molar-refractivity contribution is 0.0933. The summed E-state index contributed by atoms with van der Waals surface area (Å²) in [4.78, 5) is 16.2. The van der Waals surface area contributed by atoms with Gasteiger partial charge >= 0.3 is 0 Å². The maximum Gasteiger partial charge on any atom is 0.270 e. The van der Waals surface area contributed by atoms with Gasteiger partial charge < -0.3 is 14.8 Å². The number of hydrogen-bond acceptors (Lipinski definition) is 5. The van der Waals surface area contributed by atoms with Crippen LogP contribution < -0.4 is 10.1 Å². The molecule has 1 aromatic carbocycles. The molecule has 0 bridgehead atoms. The van der Waals surface area contributed by atoms with Crippen molar-refractivity contribution in [3.63, 3.8) is 0 Å². The minimum Gasteiger partial charge on any atom is -0.494 e. The van der Waals surface area contributed by atoms with E-state index in [1.54, 1.807) is 12.5 Å². The number of methoxy groups -OCH3 is 1. The zero-order valence-corrected chi connectivity index (χ0v) is 12.9. The molecule has 2 rings (SSSR count). The highest BCUT2D eigenvalue weighted by Crippen LogP contribution is 2.25. The van der Waals surface area contributed by atoms with Crippen LogP contribution in [0.15, 0.2) is 29.6 Å². The van der Waals surface area contributed by atoms with Gasteiger partial charge in [-0.05, 0) is 31.2 Å². The molecule has 1 aromatic heterocycles. The normalized spacial score (nSPS) is 10.4. The molecule has 0 spiro atoms. The Morgan fingerprint density at radius 1 is 1.33 bits per heavy atom. The van der Waals surface area contributed by atoms with Gasteiger partial charge in [0.25, 0.3) is 5.91 Å². The molecule has 0 aliphatic rings. The summed E-state index contributed by atoms with van der Waals surface area (Å²) < 4.78 is 10.3. The first-order chi connectivity index (χ1) is 10.2. The van der Waals surface area contributed by atoms with Crippen LogP contribution in [0.2, 0.25) is 0 Å². The standard InChI is InChI=1S/C15H18N2O3S/c1-3-20-12-6-4-11(5-7-12)15-17-13(10-21-15)14(18)16-8-9-19-2/h4-7,10H,3,8-9H2,1-2H3,(H,16,18). The van der Waals surface area contributed by atoms with Crippen LogP contribution in [0.25, 0.3) is 10.6 Å². The second-order valence-corrected chi connectivity index (χ2v) is 5.10. The van der Waals surface area contributed by atoms with Crippen molar-refractivity contribution in [2.45, 2.75) is 6.92 Å². The fourth-order valence-corrected chi connectivity index (χ4v) is 2.53. The Hall–Kier alpha value is -1.92. The van der Waals surface area contributed by atoms with Gasteiger partial charge in [-0.2, -0.15) is 0 Å². The van der Waals surface area contributed by atoms with Crippen molar-refractivity contribution in [3.8, 4) is 16.3 Å². The average Bonchev–Trinajstić information content (AvgIpc) is 2.98. The molecule has 0 unspecified atom stereocenters. The summed E-state index contributed by atoms with van der Waals surface area (Å²) in [6.45, 7) is 3.55. The van der Waals surface area contributed by atoms with E-state index in [-0.39, 0.29) is 5.91 Å². The highest BCUT2D eigenvalue weighted by Gasteiger charge is 2.11. The van der Waals surface area contributed by atoms with E-state index >= 15 is 0 Å². The van der Waals surface area contributed by atoms with Crippen LogP contribution in [0, 0.1) is 0 Å². The van der Waals surface area contributed by atoms with Gasteiger partial charge in [0.1, 0.15) is 16.5 Å². The monoisotopic (exact) mass is 306 g/mol. The number of aromatic nitrogens is 1. The molecule has 1 N–H and O–H groups in total. The van der Waals surface area contributed by atoms with Crippen molar-refractivity contribution in [3.05, 3.63) is 35.3 Å². The largest absolute Gasteiger partial charge is 0.494 e. The Bertz CT molecular complexity index is 581. The lowest BCUT2D eigenvalue weighted by Gasteiger charge is -2.03. The molecule has 2 aromatic rings. The minimum atomic E-state index is -0.180. The predicted octanol–water partition coefficient (Wildman–Crippen LogP) is 2.59. The van der Waals surface area contributed by atoms with E-state index in [0.717, 1.165) is 16.3 Å². The summed E-state index contributed by atoms with van der Waals surface area (Å²) in [5, 5.41) is 5.32. The van der Waals surface area contributed by atoms with Crippen molar-refractivity contribution >= 4 is 17.2 Å². The molecule has 0 radical (unpaired) electrons. The van der Waals surface area contributed by atoms with E-state index < -0.39 is 0 Å². The van der Waals surface area contributed by atoms with Gasteiger partial charge in [-0.1, -0.05) is 0 Å². The van der Waals surface area contributed by atoms with Crippen molar-refractivity contribution < 1.29 is 14.3 Å². The molecule has 112 valence electrons. The topological polar surface area (TPSA) is 60.5 Å². The maximum atomic E-state index is 11.9. The van der Waals surface area contributed by atoms with Crippen molar-refractivity contribution in [1.29, 1.82) is 0 Å². The summed E-state index contributed by atoms with van der Waals surface area (Å²) in [6, 6.07) is 7.68. The van der Waals surface area contributed by atoms with Gasteiger partial charge in [-0.15, -0.1) is 11.3 Å².